The minimum absolute atomic E-state index is 0.367. The van der Waals surface area contributed by atoms with E-state index in [1.165, 1.54) is 22.5 Å². The van der Waals surface area contributed by atoms with Gasteiger partial charge in [0.05, 0.1) is 10.7 Å². The molecule has 1 aliphatic rings. The molecule has 1 N–H and O–H groups in total. The van der Waals surface area contributed by atoms with Crippen molar-refractivity contribution in [3.8, 4) is 0 Å². The number of benzene rings is 1. The molecule has 0 aliphatic heterocycles. The zero-order chi connectivity index (χ0) is 13.4. The summed E-state index contributed by atoms with van der Waals surface area (Å²) in [5.74, 6) is -0.496. The molecule has 0 spiro atoms. The lowest BCUT2D eigenvalue weighted by Gasteiger charge is -2.22. The van der Waals surface area contributed by atoms with Gasteiger partial charge in [-0.1, -0.05) is 24.3 Å². The lowest BCUT2D eigenvalue weighted by molar-refractivity contribution is 0.0701. The summed E-state index contributed by atoms with van der Waals surface area (Å²) >= 11 is 1.34. The van der Waals surface area contributed by atoms with Gasteiger partial charge in [0.25, 0.3) is 0 Å². The Labute approximate surface area is 115 Å². The number of aryl methyl sites for hydroxylation is 2. The van der Waals surface area contributed by atoms with Gasteiger partial charge in [0.1, 0.15) is 4.88 Å². The molecule has 19 heavy (non-hydrogen) atoms. The van der Waals surface area contributed by atoms with Crippen LogP contribution in [0.1, 0.15) is 43.8 Å². The third-order valence-electron chi connectivity index (χ3n) is 3.70. The van der Waals surface area contributed by atoms with Crippen LogP contribution in [0, 0.1) is 6.92 Å². The van der Waals surface area contributed by atoms with E-state index in [4.69, 9.17) is 5.11 Å². The molecule has 0 fully saturated rings. The van der Waals surface area contributed by atoms with Crippen LogP contribution in [-0.2, 0) is 12.8 Å². The molecule has 1 atom stereocenters. The first-order chi connectivity index (χ1) is 9.15. The van der Waals surface area contributed by atoms with Crippen molar-refractivity contribution in [2.24, 2.45) is 0 Å². The highest BCUT2D eigenvalue weighted by Crippen LogP contribution is 2.35. The van der Waals surface area contributed by atoms with Gasteiger partial charge in [0, 0.05) is 5.92 Å². The zero-order valence-electron chi connectivity index (χ0n) is 10.7. The number of aromatic carboxylic acids is 1. The fourth-order valence-corrected chi connectivity index (χ4v) is 3.74. The topological polar surface area (TPSA) is 50.2 Å². The number of carboxylic acid groups (broad SMARTS) is 1. The Morgan fingerprint density at radius 3 is 2.79 bits per heavy atom. The number of carboxylic acids is 1. The summed E-state index contributed by atoms with van der Waals surface area (Å²) in [5, 5.41) is 10.1. The fourth-order valence-electron chi connectivity index (χ4n) is 2.70. The highest BCUT2D eigenvalue weighted by molar-refractivity contribution is 7.13. The predicted octanol–water partition coefficient (Wildman–Crippen LogP) is 3.42. The molecule has 1 unspecified atom stereocenters. The summed E-state index contributed by atoms with van der Waals surface area (Å²) in [6.45, 7) is 1.78. The van der Waals surface area contributed by atoms with Crippen LogP contribution < -0.4 is 0 Å². The molecule has 0 saturated carbocycles. The number of fused-ring (bicyclic) bond motifs is 1. The van der Waals surface area contributed by atoms with Gasteiger partial charge in [-0.2, -0.15) is 0 Å². The lowest BCUT2D eigenvalue weighted by atomic mass is 9.84. The minimum atomic E-state index is -0.863. The molecule has 98 valence electrons. The molecule has 2 aromatic rings. The molecular weight excluding hydrogens is 258 g/mol. The van der Waals surface area contributed by atoms with Crippen LogP contribution in [0.5, 0.6) is 0 Å². The normalized spacial score (nSPS) is 18.1. The average Bonchev–Trinajstić information content (AvgIpc) is 2.80. The second-order valence-corrected chi connectivity index (χ2v) is 6.01. The van der Waals surface area contributed by atoms with Gasteiger partial charge in [0.2, 0.25) is 0 Å². The van der Waals surface area contributed by atoms with Crippen LogP contribution in [0.2, 0.25) is 0 Å². The highest BCUT2D eigenvalue weighted by Gasteiger charge is 2.24. The van der Waals surface area contributed by atoms with Crippen molar-refractivity contribution in [3.05, 3.63) is 51.0 Å². The molecule has 3 nitrogen and oxygen atoms in total. The maximum absolute atomic E-state index is 11.1. The summed E-state index contributed by atoms with van der Waals surface area (Å²) in [4.78, 5) is 15.9. The Morgan fingerprint density at radius 2 is 2.11 bits per heavy atom. The Balaban J connectivity index is 1.89. The zero-order valence-corrected chi connectivity index (χ0v) is 11.5. The number of thiazole rings is 1. The van der Waals surface area contributed by atoms with Gasteiger partial charge in [-0.05, 0) is 37.3 Å². The van der Waals surface area contributed by atoms with Crippen LogP contribution in [0.15, 0.2) is 24.3 Å². The van der Waals surface area contributed by atoms with Gasteiger partial charge < -0.3 is 5.11 Å². The molecule has 1 aliphatic carbocycles. The number of carbonyl (C=O) groups is 1. The fraction of sp³-hybridized carbons (Fsp3) is 0.333. The Morgan fingerprint density at radius 1 is 1.37 bits per heavy atom. The first-order valence-electron chi connectivity index (χ1n) is 6.42. The number of hydrogen-bond donors (Lipinski definition) is 1. The summed E-state index contributed by atoms with van der Waals surface area (Å²) in [6.07, 6.45) is 3.09. The van der Waals surface area contributed by atoms with Gasteiger partial charge in [-0.15, -0.1) is 11.3 Å². The first kappa shape index (κ1) is 12.4. The first-order valence-corrected chi connectivity index (χ1v) is 7.24. The summed E-state index contributed by atoms with van der Waals surface area (Å²) < 4.78 is 0. The molecule has 1 aromatic carbocycles. The monoisotopic (exact) mass is 273 g/mol. The molecule has 0 amide bonds. The van der Waals surface area contributed by atoms with E-state index < -0.39 is 5.97 Å². The van der Waals surface area contributed by atoms with Crippen molar-refractivity contribution in [2.45, 2.75) is 32.1 Å². The van der Waals surface area contributed by atoms with Crippen molar-refractivity contribution < 1.29 is 9.90 Å². The molecular formula is C15H15NO2S. The van der Waals surface area contributed by atoms with Crippen molar-refractivity contribution in [3.63, 3.8) is 0 Å². The average molecular weight is 273 g/mol. The molecule has 3 rings (SSSR count). The predicted molar refractivity (Wildman–Crippen MR) is 75.0 cm³/mol. The summed E-state index contributed by atoms with van der Waals surface area (Å²) in [5.41, 5.74) is 3.44. The van der Waals surface area contributed by atoms with Gasteiger partial charge in [-0.25, -0.2) is 9.78 Å². The molecule has 4 heteroatoms. The number of rotatable bonds is 2. The number of nitrogens with zero attached hydrogens (tertiary/aromatic N) is 1. The van der Waals surface area contributed by atoms with Gasteiger partial charge >= 0.3 is 5.97 Å². The van der Waals surface area contributed by atoms with Crippen LogP contribution in [-0.4, -0.2) is 16.1 Å². The van der Waals surface area contributed by atoms with Crippen molar-refractivity contribution in [1.29, 1.82) is 0 Å². The maximum Gasteiger partial charge on any atom is 0.347 e. The van der Waals surface area contributed by atoms with Crippen LogP contribution in [0.4, 0.5) is 0 Å². The largest absolute Gasteiger partial charge is 0.477 e. The van der Waals surface area contributed by atoms with E-state index in [1.807, 2.05) is 0 Å². The maximum atomic E-state index is 11.1. The van der Waals surface area contributed by atoms with E-state index >= 15 is 0 Å². The third-order valence-corrected chi connectivity index (χ3v) is 5.01. The smallest absolute Gasteiger partial charge is 0.347 e. The number of aromatic nitrogens is 1. The van der Waals surface area contributed by atoms with Crippen molar-refractivity contribution >= 4 is 17.3 Å². The Bertz CT molecular complexity index is 633. The van der Waals surface area contributed by atoms with Crippen LogP contribution in [0.25, 0.3) is 0 Å². The summed E-state index contributed by atoms with van der Waals surface area (Å²) in [6, 6.07) is 8.49. The standard InChI is InChI=1S/C15H15NO2S/c1-9-13(15(17)18)19-14(16-9)12-7-6-10-4-2-3-5-11(10)8-12/h2-5,12H,6-8H2,1H3,(H,17,18). The van der Waals surface area contributed by atoms with E-state index in [2.05, 4.69) is 29.2 Å². The van der Waals surface area contributed by atoms with Crippen LogP contribution in [0.3, 0.4) is 0 Å². The van der Waals surface area contributed by atoms with Gasteiger partial charge in [-0.3, -0.25) is 0 Å². The second-order valence-electron chi connectivity index (χ2n) is 4.98. The van der Waals surface area contributed by atoms with Crippen molar-refractivity contribution in [2.75, 3.05) is 0 Å². The number of hydrogen-bond acceptors (Lipinski definition) is 3. The highest BCUT2D eigenvalue weighted by atomic mass is 32.1. The van der Waals surface area contributed by atoms with E-state index in [9.17, 15) is 4.79 Å². The minimum Gasteiger partial charge on any atom is -0.477 e. The molecule has 0 radical (unpaired) electrons. The molecule has 1 aromatic heterocycles. The Hall–Kier alpha value is -1.68. The Kier molecular flexibility index (Phi) is 3.11. The van der Waals surface area contributed by atoms with Gasteiger partial charge in [0.15, 0.2) is 0 Å². The van der Waals surface area contributed by atoms with E-state index in [0.29, 0.717) is 16.5 Å². The molecule has 1 heterocycles. The second kappa shape index (κ2) is 4.78. The van der Waals surface area contributed by atoms with E-state index in [1.54, 1.807) is 6.92 Å². The quantitative estimate of drug-likeness (QED) is 0.912. The SMILES string of the molecule is Cc1nc(C2CCc3ccccc3C2)sc1C(=O)O. The van der Waals surface area contributed by atoms with Crippen molar-refractivity contribution in [1.82, 2.24) is 4.98 Å². The molecule has 0 bridgehead atoms. The lowest BCUT2D eigenvalue weighted by Crippen LogP contribution is -2.12. The van der Waals surface area contributed by atoms with E-state index in [-0.39, 0.29) is 0 Å². The molecule has 0 saturated heterocycles. The summed E-state index contributed by atoms with van der Waals surface area (Å²) in [7, 11) is 0. The third kappa shape index (κ3) is 2.28. The van der Waals surface area contributed by atoms with E-state index in [0.717, 1.165) is 24.3 Å². The van der Waals surface area contributed by atoms with Crippen LogP contribution >= 0.6 is 11.3 Å².